The van der Waals surface area contributed by atoms with Crippen molar-refractivity contribution in [2.75, 3.05) is 30.8 Å². The summed E-state index contributed by atoms with van der Waals surface area (Å²) < 4.78 is 14.2. The van der Waals surface area contributed by atoms with Gasteiger partial charge >= 0.3 is 12.1 Å². The molecular weight excluding hydrogens is 377 g/mol. The Balaban J connectivity index is 1.61. The SMILES string of the molecule is Cc1ccc(NC(=O)Nc2cc(CN(C)[C@H]3CCN(C(=O)O)C3)ccc2F)cn1. The molecule has 0 bridgehead atoms. The zero-order valence-corrected chi connectivity index (χ0v) is 16.4. The van der Waals surface area contributed by atoms with Crippen molar-refractivity contribution in [2.24, 2.45) is 0 Å². The molecule has 1 aromatic heterocycles. The molecule has 2 aromatic rings. The molecule has 1 aromatic carbocycles. The van der Waals surface area contributed by atoms with Gasteiger partial charge in [0.25, 0.3) is 0 Å². The molecule has 1 aliphatic rings. The highest BCUT2D eigenvalue weighted by molar-refractivity contribution is 5.99. The van der Waals surface area contributed by atoms with E-state index in [1.807, 2.05) is 18.9 Å². The van der Waals surface area contributed by atoms with Gasteiger partial charge in [-0.1, -0.05) is 6.07 Å². The molecule has 3 amide bonds. The second kappa shape index (κ2) is 8.87. The summed E-state index contributed by atoms with van der Waals surface area (Å²) in [6, 6.07) is 7.57. The third-order valence-corrected chi connectivity index (χ3v) is 4.94. The van der Waals surface area contributed by atoms with Crippen LogP contribution in [0.3, 0.4) is 0 Å². The van der Waals surface area contributed by atoms with Crippen molar-refractivity contribution in [3.63, 3.8) is 0 Å². The van der Waals surface area contributed by atoms with Gasteiger partial charge in [-0.3, -0.25) is 9.88 Å². The van der Waals surface area contributed by atoms with Gasteiger partial charge in [0.15, 0.2) is 0 Å². The van der Waals surface area contributed by atoms with Crippen LogP contribution in [0.2, 0.25) is 0 Å². The Morgan fingerprint density at radius 2 is 2.10 bits per heavy atom. The van der Waals surface area contributed by atoms with E-state index in [9.17, 15) is 14.0 Å². The number of anilines is 2. The van der Waals surface area contributed by atoms with Crippen LogP contribution in [0.1, 0.15) is 17.7 Å². The van der Waals surface area contributed by atoms with E-state index >= 15 is 0 Å². The van der Waals surface area contributed by atoms with E-state index in [1.54, 1.807) is 24.3 Å². The lowest BCUT2D eigenvalue weighted by molar-refractivity contribution is 0.149. The maximum absolute atomic E-state index is 14.2. The van der Waals surface area contributed by atoms with Crippen LogP contribution in [0.25, 0.3) is 0 Å². The molecular formula is C20H24FN5O3. The number of carbonyl (C=O) groups excluding carboxylic acids is 1. The number of benzene rings is 1. The Labute approximate surface area is 168 Å². The summed E-state index contributed by atoms with van der Waals surface area (Å²) >= 11 is 0. The third kappa shape index (κ3) is 5.41. The largest absolute Gasteiger partial charge is 0.465 e. The summed E-state index contributed by atoms with van der Waals surface area (Å²) in [5.41, 5.74) is 2.23. The van der Waals surface area contributed by atoms with Gasteiger partial charge in [-0.25, -0.2) is 14.0 Å². The van der Waals surface area contributed by atoms with Gasteiger partial charge in [0.1, 0.15) is 5.82 Å². The van der Waals surface area contributed by atoms with E-state index in [0.717, 1.165) is 17.7 Å². The number of likely N-dealkylation sites (N-methyl/N-ethyl adjacent to an activating group) is 1. The summed E-state index contributed by atoms with van der Waals surface area (Å²) in [5.74, 6) is -0.536. The van der Waals surface area contributed by atoms with E-state index < -0.39 is 17.9 Å². The zero-order chi connectivity index (χ0) is 21.0. The predicted molar refractivity (Wildman–Crippen MR) is 107 cm³/mol. The number of likely N-dealkylation sites (tertiary alicyclic amines) is 1. The van der Waals surface area contributed by atoms with Gasteiger partial charge in [0.05, 0.1) is 17.6 Å². The molecule has 0 spiro atoms. The average Bonchev–Trinajstić information content (AvgIpc) is 3.17. The second-order valence-electron chi connectivity index (χ2n) is 7.17. The molecule has 2 heterocycles. The van der Waals surface area contributed by atoms with E-state index in [2.05, 4.69) is 15.6 Å². The number of pyridine rings is 1. The van der Waals surface area contributed by atoms with E-state index in [1.165, 1.54) is 17.2 Å². The van der Waals surface area contributed by atoms with Crippen molar-refractivity contribution in [1.29, 1.82) is 0 Å². The van der Waals surface area contributed by atoms with Crippen LogP contribution in [-0.4, -0.2) is 58.2 Å². The smallest absolute Gasteiger partial charge is 0.407 e. The molecule has 3 N–H and O–H groups in total. The first kappa shape index (κ1) is 20.5. The van der Waals surface area contributed by atoms with Crippen LogP contribution in [-0.2, 0) is 6.54 Å². The summed E-state index contributed by atoms with van der Waals surface area (Å²) in [5, 5.41) is 14.2. The summed E-state index contributed by atoms with van der Waals surface area (Å²) in [6.45, 7) is 3.31. The Hall–Kier alpha value is -3.20. The second-order valence-corrected chi connectivity index (χ2v) is 7.17. The normalized spacial score (nSPS) is 16.1. The number of rotatable bonds is 5. The Bertz CT molecular complexity index is 890. The van der Waals surface area contributed by atoms with Gasteiger partial charge in [-0.05, 0) is 50.2 Å². The minimum atomic E-state index is -0.913. The topological polar surface area (TPSA) is 97.8 Å². The maximum Gasteiger partial charge on any atom is 0.407 e. The fourth-order valence-electron chi connectivity index (χ4n) is 3.29. The average molecular weight is 401 g/mol. The number of amides is 3. The van der Waals surface area contributed by atoms with Crippen molar-refractivity contribution in [2.45, 2.75) is 25.9 Å². The molecule has 1 aliphatic heterocycles. The van der Waals surface area contributed by atoms with Crippen LogP contribution >= 0.6 is 0 Å². The van der Waals surface area contributed by atoms with Gasteiger partial charge in [0.2, 0.25) is 0 Å². The Morgan fingerprint density at radius 3 is 2.76 bits per heavy atom. The maximum atomic E-state index is 14.2. The van der Waals surface area contributed by atoms with Crippen molar-refractivity contribution < 1.29 is 19.1 Å². The first-order chi connectivity index (χ1) is 13.8. The number of nitrogens with one attached hydrogen (secondary N) is 2. The van der Waals surface area contributed by atoms with Crippen molar-refractivity contribution >= 4 is 23.5 Å². The number of hydrogen-bond acceptors (Lipinski definition) is 4. The molecule has 3 rings (SSSR count). The van der Waals surface area contributed by atoms with Crippen LogP contribution in [0.15, 0.2) is 36.5 Å². The highest BCUT2D eigenvalue weighted by Gasteiger charge is 2.28. The van der Waals surface area contributed by atoms with Gasteiger partial charge in [-0.15, -0.1) is 0 Å². The van der Waals surface area contributed by atoms with Crippen LogP contribution in [0.5, 0.6) is 0 Å². The number of hydrogen-bond donors (Lipinski definition) is 3. The van der Waals surface area contributed by atoms with Gasteiger partial charge in [-0.2, -0.15) is 0 Å². The lowest BCUT2D eigenvalue weighted by Gasteiger charge is -2.24. The minimum Gasteiger partial charge on any atom is -0.465 e. The number of halogens is 1. The lowest BCUT2D eigenvalue weighted by atomic mass is 10.1. The lowest BCUT2D eigenvalue weighted by Crippen LogP contribution is -2.35. The van der Waals surface area contributed by atoms with E-state index in [4.69, 9.17) is 5.11 Å². The molecule has 0 radical (unpaired) electrons. The molecule has 0 aliphatic carbocycles. The number of aromatic nitrogens is 1. The number of carboxylic acid groups (broad SMARTS) is 1. The molecule has 29 heavy (non-hydrogen) atoms. The molecule has 1 atom stereocenters. The van der Waals surface area contributed by atoms with Crippen molar-refractivity contribution in [1.82, 2.24) is 14.8 Å². The van der Waals surface area contributed by atoms with E-state index in [-0.39, 0.29) is 11.7 Å². The molecule has 1 saturated heterocycles. The molecule has 0 unspecified atom stereocenters. The molecule has 0 saturated carbocycles. The highest BCUT2D eigenvalue weighted by Crippen LogP contribution is 2.21. The number of aryl methyl sites for hydroxylation is 1. The quantitative estimate of drug-likeness (QED) is 0.714. The number of urea groups is 1. The summed E-state index contributed by atoms with van der Waals surface area (Å²) in [6.07, 6.45) is 1.37. The zero-order valence-electron chi connectivity index (χ0n) is 16.4. The first-order valence-electron chi connectivity index (χ1n) is 9.29. The van der Waals surface area contributed by atoms with E-state index in [0.29, 0.717) is 25.3 Å². The van der Waals surface area contributed by atoms with Crippen LogP contribution < -0.4 is 10.6 Å². The third-order valence-electron chi connectivity index (χ3n) is 4.94. The number of nitrogens with zero attached hydrogens (tertiary/aromatic N) is 3. The number of carbonyl (C=O) groups is 2. The van der Waals surface area contributed by atoms with Crippen LogP contribution in [0, 0.1) is 12.7 Å². The van der Waals surface area contributed by atoms with Crippen LogP contribution in [0.4, 0.5) is 25.4 Å². The fourth-order valence-corrected chi connectivity index (χ4v) is 3.29. The predicted octanol–water partition coefficient (Wildman–Crippen LogP) is 3.36. The molecule has 1 fully saturated rings. The fraction of sp³-hybridized carbons (Fsp3) is 0.350. The Morgan fingerprint density at radius 1 is 1.31 bits per heavy atom. The molecule has 9 heteroatoms. The van der Waals surface area contributed by atoms with Gasteiger partial charge < -0.3 is 20.6 Å². The summed E-state index contributed by atoms with van der Waals surface area (Å²) in [4.78, 5) is 30.8. The molecule has 154 valence electrons. The highest BCUT2D eigenvalue weighted by atomic mass is 19.1. The molecule has 8 nitrogen and oxygen atoms in total. The monoisotopic (exact) mass is 401 g/mol. The minimum absolute atomic E-state index is 0.0760. The van der Waals surface area contributed by atoms with Crippen molar-refractivity contribution in [3.05, 3.63) is 53.6 Å². The standard InChI is InChI=1S/C20H24FN5O3/c1-13-3-5-15(10-22-13)23-19(27)24-18-9-14(4-6-17(18)21)11-25(2)16-7-8-26(12-16)20(28)29/h3-6,9-10,16H,7-8,11-12H2,1-2H3,(H,28,29)(H2,23,24,27)/t16-/m0/s1. The Kier molecular flexibility index (Phi) is 6.28. The van der Waals surface area contributed by atoms with Crippen molar-refractivity contribution in [3.8, 4) is 0 Å². The summed E-state index contributed by atoms with van der Waals surface area (Å²) in [7, 11) is 1.91. The van der Waals surface area contributed by atoms with Gasteiger partial charge in [0, 0.05) is 31.4 Å². The first-order valence-corrected chi connectivity index (χ1v) is 9.29.